The molecule has 32 heavy (non-hydrogen) atoms. The smallest absolute Gasteiger partial charge is 0.387 e. The molecule has 2 amide bonds. The van der Waals surface area contributed by atoms with Crippen molar-refractivity contribution < 1.29 is 28.2 Å². The largest absolute Gasteiger partial charge is 0.435 e. The van der Waals surface area contributed by atoms with Gasteiger partial charge in [-0.3, -0.25) is 9.59 Å². The first kappa shape index (κ1) is 21.2. The van der Waals surface area contributed by atoms with Gasteiger partial charge in [0, 0.05) is 37.8 Å². The molecule has 0 saturated carbocycles. The van der Waals surface area contributed by atoms with Crippen molar-refractivity contribution in [1.82, 2.24) is 19.7 Å². The minimum atomic E-state index is -3.10. The molecule has 11 heteroatoms. The molecule has 3 aromatic rings. The van der Waals surface area contributed by atoms with Crippen LogP contribution >= 0.6 is 0 Å². The molecular weight excluding hydrogens is 424 g/mol. The van der Waals surface area contributed by atoms with Crippen LogP contribution in [-0.2, 0) is 4.79 Å². The molecule has 2 aromatic heterocycles. The second kappa shape index (κ2) is 7.90. The number of alkyl halides is 2. The molecule has 0 aliphatic carbocycles. The highest BCUT2D eigenvalue weighted by Crippen LogP contribution is 2.26. The number of fused-ring (bicyclic) bond motifs is 1. The highest BCUT2D eigenvalue weighted by atomic mass is 19.3. The Labute approximate surface area is 180 Å². The van der Waals surface area contributed by atoms with Gasteiger partial charge >= 0.3 is 6.61 Å². The van der Waals surface area contributed by atoms with Gasteiger partial charge in [-0.1, -0.05) is 11.8 Å². The van der Waals surface area contributed by atoms with E-state index in [9.17, 15) is 23.5 Å². The number of nitrogens with zero attached hydrogens (tertiary/aromatic N) is 4. The molecule has 1 saturated heterocycles. The van der Waals surface area contributed by atoms with Gasteiger partial charge in [0.15, 0.2) is 11.3 Å². The van der Waals surface area contributed by atoms with Gasteiger partial charge in [0.05, 0.1) is 11.1 Å². The lowest BCUT2D eigenvalue weighted by Gasteiger charge is -2.13. The fourth-order valence-corrected chi connectivity index (χ4v) is 3.41. The summed E-state index contributed by atoms with van der Waals surface area (Å²) in [6, 6.07) is 7.19. The van der Waals surface area contributed by atoms with E-state index in [0.29, 0.717) is 11.9 Å². The van der Waals surface area contributed by atoms with Gasteiger partial charge in [-0.05, 0) is 24.3 Å². The molecular formula is C21H17F2N5O4. The van der Waals surface area contributed by atoms with Crippen LogP contribution < -0.4 is 10.5 Å². The molecule has 164 valence electrons. The molecule has 1 fully saturated rings. The number of benzene rings is 1. The first-order chi connectivity index (χ1) is 15.2. The predicted octanol–water partition coefficient (Wildman–Crippen LogP) is 1.07. The van der Waals surface area contributed by atoms with Crippen molar-refractivity contribution in [3.05, 3.63) is 47.8 Å². The normalized spacial score (nSPS) is 18.2. The zero-order valence-electron chi connectivity index (χ0n) is 16.7. The molecule has 1 aromatic carbocycles. The fourth-order valence-electron chi connectivity index (χ4n) is 3.41. The summed E-state index contributed by atoms with van der Waals surface area (Å²) < 4.78 is 31.6. The molecule has 0 spiro atoms. The van der Waals surface area contributed by atoms with E-state index in [0.717, 1.165) is 0 Å². The Hall–Kier alpha value is -4.04. The molecule has 0 radical (unpaired) electrons. The molecule has 1 aliphatic heterocycles. The number of hydrogen-bond donors (Lipinski definition) is 2. The van der Waals surface area contributed by atoms with Crippen LogP contribution in [0.4, 0.5) is 8.78 Å². The highest BCUT2D eigenvalue weighted by Gasteiger charge is 2.42. The van der Waals surface area contributed by atoms with Crippen molar-refractivity contribution in [3.8, 4) is 23.3 Å². The van der Waals surface area contributed by atoms with Crippen LogP contribution in [0, 0.1) is 11.8 Å². The van der Waals surface area contributed by atoms with E-state index in [-0.39, 0.29) is 34.8 Å². The summed E-state index contributed by atoms with van der Waals surface area (Å²) in [7, 11) is 1.54. The maximum atomic E-state index is 12.9. The predicted molar refractivity (Wildman–Crippen MR) is 108 cm³/mol. The summed E-state index contributed by atoms with van der Waals surface area (Å²) >= 11 is 0. The summed E-state index contributed by atoms with van der Waals surface area (Å²) in [6.07, 6.45) is 1.59. The molecule has 3 heterocycles. The Morgan fingerprint density at radius 2 is 2.16 bits per heavy atom. The van der Waals surface area contributed by atoms with E-state index in [2.05, 4.69) is 26.7 Å². The number of primary amides is 1. The Morgan fingerprint density at radius 1 is 1.38 bits per heavy atom. The number of nitrogens with two attached hydrogens (primary N) is 1. The van der Waals surface area contributed by atoms with Gasteiger partial charge < -0.3 is 20.5 Å². The molecule has 4 rings (SSSR count). The molecule has 3 N–H and O–H groups in total. The summed E-state index contributed by atoms with van der Waals surface area (Å²) in [5, 5.41) is 15.1. The van der Waals surface area contributed by atoms with E-state index < -0.39 is 24.0 Å². The van der Waals surface area contributed by atoms with Crippen LogP contribution in [0.25, 0.3) is 16.7 Å². The third kappa shape index (κ3) is 3.83. The molecule has 0 unspecified atom stereocenters. The minimum Gasteiger partial charge on any atom is -0.435 e. The number of amides is 2. The number of likely N-dealkylation sites (tertiary alicyclic amines) is 1. The fraction of sp³-hybridized carbons (Fsp3) is 0.238. The molecule has 9 nitrogen and oxygen atoms in total. The third-order valence-electron chi connectivity index (χ3n) is 4.96. The van der Waals surface area contributed by atoms with E-state index >= 15 is 0 Å². The second-order valence-corrected chi connectivity index (χ2v) is 7.18. The average molecular weight is 441 g/mol. The summed E-state index contributed by atoms with van der Waals surface area (Å²) in [5.74, 6) is 3.62. The minimum absolute atomic E-state index is 0.0465. The number of halogens is 2. The first-order valence-corrected chi connectivity index (χ1v) is 9.43. The van der Waals surface area contributed by atoms with E-state index in [1.807, 2.05) is 0 Å². The lowest BCUT2D eigenvalue weighted by molar-refractivity contribution is -0.137. The summed E-state index contributed by atoms with van der Waals surface area (Å²) in [4.78, 5) is 29.5. The number of pyridine rings is 1. The van der Waals surface area contributed by atoms with Crippen molar-refractivity contribution >= 4 is 22.8 Å². The van der Waals surface area contributed by atoms with Crippen molar-refractivity contribution in [1.29, 1.82) is 0 Å². The van der Waals surface area contributed by atoms with E-state index in [1.165, 1.54) is 34.0 Å². The van der Waals surface area contributed by atoms with Crippen LogP contribution in [-0.4, -0.2) is 62.4 Å². The van der Waals surface area contributed by atoms with Crippen molar-refractivity contribution in [2.75, 3.05) is 13.6 Å². The number of likely N-dealkylation sites (N-methyl/N-ethyl adjacent to an activating group) is 1. The van der Waals surface area contributed by atoms with Gasteiger partial charge in [0.25, 0.3) is 11.8 Å². The van der Waals surface area contributed by atoms with Gasteiger partial charge in [0.1, 0.15) is 5.75 Å². The van der Waals surface area contributed by atoms with Crippen LogP contribution in [0.2, 0.25) is 0 Å². The molecule has 1 aliphatic rings. The third-order valence-corrected chi connectivity index (χ3v) is 4.96. The van der Waals surface area contributed by atoms with Crippen molar-refractivity contribution in [3.63, 3.8) is 0 Å². The summed E-state index contributed by atoms with van der Waals surface area (Å²) in [6.45, 7) is -2.76. The van der Waals surface area contributed by atoms with Gasteiger partial charge in [-0.25, -0.2) is 9.67 Å². The average Bonchev–Trinajstić information content (AvgIpc) is 3.26. The van der Waals surface area contributed by atoms with E-state index in [4.69, 9.17) is 5.73 Å². The second-order valence-electron chi connectivity index (χ2n) is 7.18. The monoisotopic (exact) mass is 441 g/mol. The van der Waals surface area contributed by atoms with Crippen LogP contribution in [0.1, 0.15) is 22.5 Å². The van der Waals surface area contributed by atoms with E-state index in [1.54, 1.807) is 19.2 Å². The maximum absolute atomic E-state index is 12.9. The number of hydrogen-bond acceptors (Lipinski definition) is 6. The zero-order valence-corrected chi connectivity index (χ0v) is 16.7. The topological polar surface area (TPSA) is 124 Å². The standard InChI is InChI=1S/C21H17F2N5O4/c1-27-8-6-21(31,19(27)30)5-4-12-9-13(11-14(10-12)32-20(22)23)28-18-15(3-2-7-25-18)16(26-28)17(24)29/h2-3,7,9-11,20,31H,6,8H2,1H3,(H2,24,29)/t21-/m0/s1. The molecule has 1 atom stereocenters. The maximum Gasteiger partial charge on any atom is 0.387 e. The number of carbonyl (C=O) groups excluding carboxylic acids is 2. The SMILES string of the molecule is CN1CC[C@@](O)(C#Cc2cc(OC(F)F)cc(-n3nc(C(N)=O)c4cccnc43)c2)C1=O. The Bertz CT molecular complexity index is 1300. The number of carbonyl (C=O) groups is 2. The number of aromatic nitrogens is 3. The van der Waals surface area contributed by atoms with Gasteiger partial charge in [-0.2, -0.15) is 13.9 Å². The number of aliphatic hydroxyl groups is 1. The zero-order chi connectivity index (χ0) is 23.0. The van der Waals surface area contributed by atoms with Crippen LogP contribution in [0.15, 0.2) is 36.5 Å². The summed E-state index contributed by atoms with van der Waals surface area (Å²) in [5.41, 5.74) is 4.14. The van der Waals surface area contributed by atoms with Crippen LogP contribution in [0.3, 0.4) is 0 Å². The lowest BCUT2D eigenvalue weighted by atomic mass is 10.0. The Kier molecular flexibility index (Phi) is 5.23. The van der Waals surface area contributed by atoms with Crippen molar-refractivity contribution in [2.24, 2.45) is 5.73 Å². The highest BCUT2D eigenvalue weighted by molar-refractivity contribution is 6.03. The van der Waals surface area contributed by atoms with Crippen molar-refractivity contribution in [2.45, 2.75) is 18.6 Å². The quantitative estimate of drug-likeness (QED) is 0.584. The lowest BCUT2D eigenvalue weighted by Crippen LogP contribution is -2.37. The number of ether oxygens (including phenoxy) is 1. The number of rotatable bonds is 4. The van der Waals surface area contributed by atoms with Crippen LogP contribution in [0.5, 0.6) is 5.75 Å². The van der Waals surface area contributed by atoms with Gasteiger partial charge in [-0.15, -0.1) is 0 Å². The Morgan fingerprint density at radius 3 is 2.81 bits per heavy atom. The van der Waals surface area contributed by atoms with Gasteiger partial charge in [0.2, 0.25) is 5.60 Å². The first-order valence-electron chi connectivity index (χ1n) is 9.43. The Balaban J connectivity index is 1.85. The molecule has 0 bridgehead atoms.